The number of carboxylic acid groups (broad SMARTS) is 1. The molecule has 1 atom stereocenters. The minimum atomic E-state index is -0.716. The van der Waals surface area contributed by atoms with Gasteiger partial charge in [-0.3, -0.25) is 4.79 Å². The third-order valence-electron chi connectivity index (χ3n) is 2.61. The van der Waals surface area contributed by atoms with Gasteiger partial charge in [0.15, 0.2) is 0 Å². The number of carboxylic acids is 1. The number of rotatable bonds is 6. The third-order valence-corrected chi connectivity index (χ3v) is 2.61. The van der Waals surface area contributed by atoms with E-state index >= 15 is 0 Å². The van der Waals surface area contributed by atoms with Crippen molar-refractivity contribution in [2.45, 2.75) is 32.6 Å². The number of nitrogens with zero attached hydrogens (tertiary/aromatic N) is 2. The maximum absolute atomic E-state index is 11.0. The van der Waals surface area contributed by atoms with E-state index in [9.17, 15) is 4.79 Å². The van der Waals surface area contributed by atoms with Crippen molar-refractivity contribution in [3.63, 3.8) is 0 Å². The number of hydrogen-bond donors (Lipinski definition) is 1. The van der Waals surface area contributed by atoms with Crippen molar-refractivity contribution in [3.8, 4) is 0 Å². The smallest absolute Gasteiger partial charge is 0.306 e. The van der Waals surface area contributed by atoms with E-state index in [1.807, 2.05) is 17.8 Å². The lowest BCUT2D eigenvalue weighted by atomic mass is 9.98. The molecule has 0 aliphatic carbocycles. The highest BCUT2D eigenvalue weighted by Crippen LogP contribution is 2.14. The monoisotopic (exact) mass is 210 g/mol. The number of hydrogen-bond acceptors (Lipinski definition) is 2. The third kappa shape index (κ3) is 3.38. The summed E-state index contributed by atoms with van der Waals surface area (Å²) in [5.74, 6) is -0.170. The molecule has 1 rings (SSSR count). The van der Waals surface area contributed by atoms with E-state index in [4.69, 9.17) is 5.11 Å². The van der Waals surface area contributed by atoms with E-state index < -0.39 is 5.97 Å². The molecule has 1 aromatic heterocycles. The van der Waals surface area contributed by atoms with Crippen LogP contribution in [0.15, 0.2) is 12.4 Å². The molecule has 15 heavy (non-hydrogen) atoms. The number of unbranched alkanes of at least 4 members (excludes halogenated alkanes) is 1. The van der Waals surface area contributed by atoms with Crippen molar-refractivity contribution in [2.24, 2.45) is 13.0 Å². The molecule has 0 bridgehead atoms. The zero-order valence-electron chi connectivity index (χ0n) is 9.31. The van der Waals surface area contributed by atoms with Gasteiger partial charge in [-0.2, -0.15) is 0 Å². The Balaban J connectivity index is 2.59. The largest absolute Gasteiger partial charge is 0.481 e. The van der Waals surface area contributed by atoms with Crippen LogP contribution in [-0.2, 0) is 18.3 Å². The van der Waals surface area contributed by atoms with Gasteiger partial charge in [-0.25, -0.2) is 4.98 Å². The first-order chi connectivity index (χ1) is 7.15. The second-order valence-corrected chi connectivity index (χ2v) is 3.84. The van der Waals surface area contributed by atoms with Gasteiger partial charge in [-0.05, 0) is 6.42 Å². The van der Waals surface area contributed by atoms with Gasteiger partial charge in [0.1, 0.15) is 5.82 Å². The summed E-state index contributed by atoms with van der Waals surface area (Å²) in [6.45, 7) is 2.07. The zero-order chi connectivity index (χ0) is 11.3. The average Bonchev–Trinajstić information content (AvgIpc) is 2.58. The summed E-state index contributed by atoms with van der Waals surface area (Å²) in [6.07, 6.45) is 6.80. The lowest BCUT2D eigenvalue weighted by molar-refractivity contribution is -0.142. The molecule has 0 radical (unpaired) electrons. The number of aliphatic carboxylic acids is 1. The van der Waals surface area contributed by atoms with Gasteiger partial charge < -0.3 is 9.67 Å². The molecule has 0 amide bonds. The molecular weight excluding hydrogens is 192 g/mol. The van der Waals surface area contributed by atoms with Crippen molar-refractivity contribution >= 4 is 5.97 Å². The van der Waals surface area contributed by atoms with Crippen molar-refractivity contribution in [1.29, 1.82) is 0 Å². The van der Waals surface area contributed by atoms with Gasteiger partial charge in [-0.1, -0.05) is 19.8 Å². The molecule has 1 unspecified atom stereocenters. The fourth-order valence-corrected chi connectivity index (χ4v) is 1.58. The Hall–Kier alpha value is -1.32. The first kappa shape index (κ1) is 11.8. The van der Waals surface area contributed by atoms with Crippen molar-refractivity contribution in [1.82, 2.24) is 9.55 Å². The van der Waals surface area contributed by atoms with Gasteiger partial charge in [0.2, 0.25) is 0 Å². The molecule has 1 aromatic rings. The van der Waals surface area contributed by atoms with Crippen LogP contribution in [0, 0.1) is 5.92 Å². The highest BCUT2D eigenvalue weighted by molar-refractivity contribution is 5.70. The summed E-state index contributed by atoms with van der Waals surface area (Å²) in [4.78, 5) is 15.2. The standard InChI is InChI=1S/C11H18N2O2/c1-3-4-5-9(11(14)15)8-10-12-6-7-13(10)2/h6-7,9H,3-5,8H2,1-2H3,(H,14,15). The van der Waals surface area contributed by atoms with Crippen LogP contribution in [0.5, 0.6) is 0 Å². The van der Waals surface area contributed by atoms with Crippen molar-refractivity contribution in [3.05, 3.63) is 18.2 Å². The molecule has 0 spiro atoms. The van der Waals surface area contributed by atoms with Gasteiger partial charge in [0.25, 0.3) is 0 Å². The summed E-state index contributed by atoms with van der Waals surface area (Å²) >= 11 is 0. The second kappa shape index (κ2) is 5.53. The molecule has 0 fully saturated rings. The molecule has 84 valence electrons. The maximum Gasteiger partial charge on any atom is 0.306 e. The molecule has 0 saturated carbocycles. The lowest BCUT2D eigenvalue weighted by Crippen LogP contribution is -2.18. The van der Waals surface area contributed by atoms with Crippen LogP contribution >= 0.6 is 0 Å². The highest BCUT2D eigenvalue weighted by Gasteiger charge is 2.19. The Morgan fingerprint density at radius 3 is 2.87 bits per heavy atom. The SMILES string of the molecule is CCCCC(Cc1nccn1C)C(=O)O. The van der Waals surface area contributed by atoms with Gasteiger partial charge in [0.05, 0.1) is 5.92 Å². The van der Waals surface area contributed by atoms with E-state index in [1.54, 1.807) is 6.20 Å². The van der Waals surface area contributed by atoms with Crippen LogP contribution in [0.25, 0.3) is 0 Å². The summed E-state index contributed by atoms with van der Waals surface area (Å²) < 4.78 is 1.88. The first-order valence-electron chi connectivity index (χ1n) is 5.34. The summed E-state index contributed by atoms with van der Waals surface area (Å²) in [6, 6.07) is 0. The molecule has 4 heteroatoms. The summed E-state index contributed by atoms with van der Waals surface area (Å²) in [5, 5.41) is 9.05. The highest BCUT2D eigenvalue weighted by atomic mass is 16.4. The minimum Gasteiger partial charge on any atom is -0.481 e. The van der Waals surface area contributed by atoms with E-state index in [-0.39, 0.29) is 5.92 Å². The Morgan fingerprint density at radius 2 is 2.40 bits per heavy atom. The van der Waals surface area contributed by atoms with Crippen LogP contribution in [0.3, 0.4) is 0 Å². The summed E-state index contributed by atoms with van der Waals surface area (Å²) in [7, 11) is 1.89. The molecule has 4 nitrogen and oxygen atoms in total. The molecular formula is C11H18N2O2. The van der Waals surface area contributed by atoms with Gasteiger partial charge in [0, 0.05) is 25.9 Å². The number of aromatic nitrogens is 2. The van der Waals surface area contributed by atoms with Crippen LogP contribution in [-0.4, -0.2) is 20.6 Å². The van der Waals surface area contributed by atoms with Crippen LogP contribution in [0.4, 0.5) is 0 Å². The molecule has 1 N–H and O–H groups in total. The average molecular weight is 210 g/mol. The minimum absolute atomic E-state index is 0.300. The van der Waals surface area contributed by atoms with Crippen LogP contribution in [0.2, 0.25) is 0 Å². The Bertz CT molecular complexity index is 320. The number of imidazole rings is 1. The summed E-state index contributed by atoms with van der Waals surface area (Å²) in [5.41, 5.74) is 0. The normalized spacial score (nSPS) is 12.7. The van der Waals surface area contributed by atoms with E-state index in [2.05, 4.69) is 11.9 Å². The van der Waals surface area contributed by atoms with E-state index in [1.165, 1.54) is 0 Å². The van der Waals surface area contributed by atoms with Crippen molar-refractivity contribution < 1.29 is 9.90 Å². The number of carbonyl (C=O) groups is 1. The van der Waals surface area contributed by atoms with Gasteiger partial charge in [-0.15, -0.1) is 0 Å². The predicted octanol–water partition coefficient (Wildman–Crippen LogP) is 1.85. The Morgan fingerprint density at radius 1 is 1.67 bits per heavy atom. The molecule has 1 heterocycles. The second-order valence-electron chi connectivity index (χ2n) is 3.84. The van der Waals surface area contributed by atoms with E-state index in [0.29, 0.717) is 6.42 Å². The quantitative estimate of drug-likeness (QED) is 0.779. The molecule has 0 aliphatic heterocycles. The first-order valence-corrected chi connectivity index (χ1v) is 5.34. The van der Waals surface area contributed by atoms with Crippen molar-refractivity contribution in [2.75, 3.05) is 0 Å². The number of aryl methyl sites for hydroxylation is 1. The van der Waals surface area contributed by atoms with Gasteiger partial charge >= 0.3 is 5.97 Å². The Kier molecular flexibility index (Phi) is 4.34. The predicted molar refractivity (Wildman–Crippen MR) is 57.6 cm³/mol. The molecule has 0 aromatic carbocycles. The Labute approximate surface area is 89.9 Å². The van der Waals surface area contributed by atoms with Crippen LogP contribution < -0.4 is 0 Å². The van der Waals surface area contributed by atoms with Crippen LogP contribution in [0.1, 0.15) is 32.0 Å². The lowest BCUT2D eigenvalue weighted by Gasteiger charge is -2.11. The van der Waals surface area contributed by atoms with E-state index in [0.717, 1.165) is 25.1 Å². The zero-order valence-corrected chi connectivity index (χ0v) is 9.31. The fourth-order valence-electron chi connectivity index (χ4n) is 1.58. The molecule has 0 saturated heterocycles. The fraction of sp³-hybridized carbons (Fsp3) is 0.636. The topological polar surface area (TPSA) is 55.1 Å². The maximum atomic E-state index is 11.0. The molecule has 0 aliphatic rings.